The Morgan fingerprint density at radius 3 is 2.43 bits per heavy atom. The van der Waals surface area contributed by atoms with Crippen molar-refractivity contribution in [2.75, 3.05) is 12.4 Å². The summed E-state index contributed by atoms with van der Waals surface area (Å²) in [5.74, 6) is -0.0678. The molecule has 1 aromatic carbocycles. The van der Waals surface area contributed by atoms with E-state index in [1.165, 1.54) is 19.2 Å². The van der Waals surface area contributed by atoms with E-state index in [1.54, 1.807) is 13.0 Å². The Hall–Kier alpha value is -2.64. The average molecular weight is 322 g/mol. The standard InChI is InChI=1S/C15H22N4O4/c1-9(2)5-13(14(20)16-4)18-15(21)17-11-6-10(3)7-12(8-11)19(22)23/h6-9,13H,5H2,1-4H3,(H,16,20)(H2,17,18,21)/t13-/m1/s1. The van der Waals surface area contributed by atoms with Gasteiger partial charge < -0.3 is 16.0 Å². The summed E-state index contributed by atoms with van der Waals surface area (Å²) < 4.78 is 0. The quantitative estimate of drug-likeness (QED) is 0.550. The molecular formula is C15H22N4O4. The van der Waals surface area contributed by atoms with Gasteiger partial charge in [-0.15, -0.1) is 0 Å². The smallest absolute Gasteiger partial charge is 0.319 e. The first-order chi connectivity index (χ1) is 10.7. The molecule has 126 valence electrons. The lowest BCUT2D eigenvalue weighted by Gasteiger charge is -2.19. The van der Waals surface area contributed by atoms with Crippen molar-refractivity contribution in [2.45, 2.75) is 33.2 Å². The van der Waals surface area contributed by atoms with Crippen molar-refractivity contribution in [3.8, 4) is 0 Å². The topological polar surface area (TPSA) is 113 Å². The van der Waals surface area contributed by atoms with E-state index in [-0.39, 0.29) is 17.5 Å². The van der Waals surface area contributed by atoms with Gasteiger partial charge in [-0.1, -0.05) is 13.8 Å². The number of carbonyl (C=O) groups excluding carboxylic acids is 2. The zero-order valence-electron chi connectivity index (χ0n) is 13.7. The summed E-state index contributed by atoms with van der Waals surface area (Å²) in [5, 5.41) is 18.5. The van der Waals surface area contributed by atoms with Gasteiger partial charge in [-0.2, -0.15) is 0 Å². The highest BCUT2D eigenvalue weighted by Gasteiger charge is 2.21. The molecule has 3 amide bonds. The molecule has 0 aliphatic carbocycles. The van der Waals surface area contributed by atoms with Gasteiger partial charge in [0.25, 0.3) is 5.69 Å². The van der Waals surface area contributed by atoms with Crippen LogP contribution in [0.4, 0.5) is 16.2 Å². The Labute approximate surface area is 134 Å². The summed E-state index contributed by atoms with van der Waals surface area (Å²) in [7, 11) is 1.50. The summed E-state index contributed by atoms with van der Waals surface area (Å²) in [6, 6.07) is 3.04. The number of carbonyl (C=O) groups is 2. The monoisotopic (exact) mass is 322 g/mol. The molecule has 23 heavy (non-hydrogen) atoms. The average Bonchev–Trinajstić information content (AvgIpc) is 2.44. The number of urea groups is 1. The molecule has 0 aliphatic heterocycles. The Kier molecular flexibility index (Phi) is 6.49. The number of aryl methyl sites for hydroxylation is 1. The normalized spacial score (nSPS) is 11.7. The first kappa shape index (κ1) is 18.4. The van der Waals surface area contributed by atoms with Crippen LogP contribution in [0.5, 0.6) is 0 Å². The summed E-state index contributed by atoms with van der Waals surface area (Å²) in [5.41, 5.74) is 0.847. The number of anilines is 1. The number of nitrogens with zero attached hydrogens (tertiary/aromatic N) is 1. The van der Waals surface area contributed by atoms with E-state index in [0.717, 1.165) is 0 Å². The minimum atomic E-state index is -0.667. The highest BCUT2D eigenvalue weighted by molar-refractivity contribution is 5.94. The van der Waals surface area contributed by atoms with Gasteiger partial charge >= 0.3 is 6.03 Å². The Morgan fingerprint density at radius 2 is 1.91 bits per heavy atom. The van der Waals surface area contributed by atoms with E-state index in [1.807, 2.05) is 13.8 Å². The molecule has 0 radical (unpaired) electrons. The number of likely N-dealkylation sites (N-methyl/N-ethyl adjacent to an activating group) is 1. The fourth-order valence-corrected chi connectivity index (χ4v) is 2.14. The summed E-state index contributed by atoms with van der Waals surface area (Å²) in [6.45, 7) is 5.58. The number of nitrogens with one attached hydrogen (secondary N) is 3. The van der Waals surface area contributed by atoms with E-state index < -0.39 is 17.0 Å². The van der Waals surface area contributed by atoms with Crippen molar-refractivity contribution >= 4 is 23.3 Å². The van der Waals surface area contributed by atoms with Crippen LogP contribution < -0.4 is 16.0 Å². The fourth-order valence-electron chi connectivity index (χ4n) is 2.14. The maximum absolute atomic E-state index is 12.0. The van der Waals surface area contributed by atoms with Gasteiger partial charge in [-0.3, -0.25) is 14.9 Å². The van der Waals surface area contributed by atoms with Crippen LogP contribution in [-0.2, 0) is 4.79 Å². The van der Waals surface area contributed by atoms with E-state index in [4.69, 9.17) is 0 Å². The molecule has 0 spiro atoms. The maximum atomic E-state index is 12.0. The first-order valence-electron chi connectivity index (χ1n) is 7.28. The van der Waals surface area contributed by atoms with Crippen LogP contribution in [0, 0.1) is 23.0 Å². The molecule has 0 saturated heterocycles. The van der Waals surface area contributed by atoms with E-state index >= 15 is 0 Å². The third-order valence-electron chi connectivity index (χ3n) is 3.11. The van der Waals surface area contributed by atoms with E-state index in [2.05, 4.69) is 16.0 Å². The fraction of sp³-hybridized carbons (Fsp3) is 0.467. The molecule has 8 heteroatoms. The van der Waals surface area contributed by atoms with Crippen LogP contribution in [0.15, 0.2) is 18.2 Å². The van der Waals surface area contributed by atoms with Crippen LogP contribution in [0.2, 0.25) is 0 Å². The predicted octanol–water partition coefficient (Wildman–Crippen LogP) is 2.19. The summed E-state index contributed by atoms with van der Waals surface area (Å²) >= 11 is 0. The second-order valence-electron chi connectivity index (χ2n) is 5.71. The lowest BCUT2D eigenvalue weighted by atomic mass is 10.0. The van der Waals surface area contributed by atoms with Crippen LogP contribution in [-0.4, -0.2) is 30.0 Å². The number of amides is 3. The second-order valence-corrected chi connectivity index (χ2v) is 5.71. The molecule has 0 heterocycles. The molecule has 0 saturated carbocycles. The Balaban J connectivity index is 2.82. The molecular weight excluding hydrogens is 300 g/mol. The summed E-state index contributed by atoms with van der Waals surface area (Å²) in [4.78, 5) is 34.2. The zero-order chi connectivity index (χ0) is 17.6. The number of hydrogen-bond donors (Lipinski definition) is 3. The number of nitro groups is 1. The highest BCUT2D eigenvalue weighted by atomic mass is 16.6. The van der Waals surface area contributed by atoms with E-state index in [0.29, 0.717) is 17.7 Å². The zero-order valence-corrected chi connectivity index (χ0v) is 13.7. The third-order valence-corrected chi connectivity index (χ3v) is 3.11. The number of nitro benzene ring substituents is 1. The minimum Gasteiger partial charge on any atom is -0.357 e. The summed E-state index contributed by atoms with van der Waals surface area (Å²) in [6.07, 6.45) is 0.487. The number of non-ortho nitro benzene ring substituents is 1. The molecule has 8 nitrogen and oxygen atoms in total. The lowest BCUT2D eigenvalue weighted by Crippen LogP contribution is -2.47. The molecule has 0 fully saturated rings. The van der Waals surface area contributed by atoms with Gasteiger partial charge in [0.15, 0.2) is 0 Å². The largest absolute Gasteiger partial charge is 0.357 e. The first-order valence-corrected chi connectivity index (χ1v) is 7.28. The second kappa shape index (κ2) is 8.11. The van der Waals surface area contributed by atoms with Crippen molar-refractivity contribution in [1.29, 1.82) is 0 Å². The minimum absolute atomic E-state index is 0.106. The Morgan fingerprint density at radius 1 is 1.26 bits per heavy atom. The molecule has 0 aliphatic rings. The Bertz CT molecular complexity index is 601. The molecule has 1 atom stereocenters. The van der Waals surface area contributed by atoms with Crippen LogP contribution in [0.1, 0.15) is 25.8 Å². The van der Waals surface area contributed by atoms with Gasteiger partial charge in [0.2, 0.25) is 5.91 Å². The van der Waals surface area contributed by atoms with Crippen molar-refractivity contribution in [2.24, 2.45) is 5.92 Å². The SMILES string of the molecule is CNC(=O)[C@@H](CC(C)C)NC(=O)Nc1cc(C)cc([N+](=O)[O-])c1. The van der Waals surface area contributed by atoms with E-state index in [9.17, 15) is 19.7 Å². The van der Waals surface area contributed by atoms with Crippen LogP contribution in [0.25, 0.3) is 0 Å². The maximum Gasteiger partial charge on any atom is 0.319 e. The highest BCUT2D eigenvalue weighted by Crippen LogP contribution is 2.20. The van der Waals surface area contributed by atoms with Gasteiger partial charge in [-0.05, 0) is 30.9 Å². The van der Waals surface area contributed by atoms with Crippen molar-refractivity contribution in [1.82, 2.24) is 10.6 Å². The van der Waals surface area contributed by atoms with Crippen molar-refractivity contribution in [3.05, 3.63) is 33.9 Å². The molecule has 1 aromatic rings. The lowest BCUT2D eigenvalue weighted by molar-refractivity contribution is -0.384. The predicted molar refractivity (Wildman–Crippen MR) is 87.3 cm³/mol. The number of hydrogen-bond acceptors (Lipinski definition) is 4. The van der Waals surface area contributed by atoms with Crippen molar-refractivity contribution in [3.63, 3.8) is 0 Å². The third kappa shape index (κ3) is 5.93. The molecule has 0 bridgehead atoms. The van der Waals surface area contributed by atoms with Crippen molar-refractivity contribution < 1.29 is 14.5 Å². The van der Waals surface area contributed by atoms with Gasteiger partial charge in [0.05, 0.1) is 4.92 Å². The molecule has 3 N–H and O–H groups in total. The molecule has 0 unspecified atom stereocenters. The van der Waals surface area contributed by atoms with Gasteiger partial charge in [-0.25, -0.2) is 4.79 Å². The van der Waals surface area contributed by atoms with Crippen LogP contribution in [0.3, 0.4) is 0 Å². The van der Waals surface area contributed by atoms with Gasteiger partial charge in [0.1, 0.15) is 6.04 Å². The number of benzene rings is 1. The molecule has 0 aromatic heterocycles. The molecule has 1 rings (SSSR count). The number of rotatable bonds is 6. The van der Waals surface area contributed by atoms with Gasteiger partial charge in [0, 0.05) is 24.9 Å². The van der Waals surface area contributed by atoms with Crippen LogP contribution >= 0.6 is 0 Å².